The van der Waals surface area contributed by atoms with Crippen molar-refractivity contribution in [2.45, 2.75) is 19.9 Å². The van der Waals surface area contributed by atoms with Crippen molar-refractivity contribution in [3.05, 3.63) is 60.6 Å². The molecule has 120 valence electrons. The number of pyridine rings is 1. The summed E-state index contributed by atoms with van der Waals surface area (Å²) in [5, 5.41) is 4.02. The third-order valence-corrected chi connectivity index (χ3v) is 3.74. The Balaban J connectivity index is 1.67. The van der Waals surface area contributed by atoms with Gasteiger partial charge >= 0.3 is 0 Å². The van der Waals surface area contributed by atoms with Crippen LogP contribution >= 0.6 is 0 Å². The molecule has 7 nitrogen and oxygen atoms in total. The molecule has 0 aliphatic rings. The molecular weight excluding hydrogens is 306 g/mol. The van der Waals surface area contributed by atoms with Gasteiger partial charge in [-0.05, 0) is 38.1 Å². The molecule has 4 heterocycles. The van der Waals surface area contributed by atoms with E-state index < -0.39 is 0 Å². The van der Waals surface area contributed by atoms with Crippen molar-refractivity contribution in [3.8, 4) is 23.1 Å². The summed E-state index contributed by atoms with van der Waals surface area (Å²) in [5.74, 6) is 3.20. The van der Waals surface area contributed by atoms with Crippen molar-refractivity contribution in [2.75, 3.05) is 0 Å². The van der Waals surface area contributed by atoms with E-state index in [2.05, 4.69) is 20.1 Å². The van der Waals surface area contributed by atoms with Crippen LogP contribution in [-0.2, 0) is 0 Å². The van der Waals surface area contributed by atoms with Gasteiger partial charge in [0.1, 0.15) is 17.5 Å². The molecule has 1 atom stereocenters. The standard InChI is InChI=1S/C17H15N5O2/c1-11-6-7-14(23-11)16-19-9-10-22(16)12(2)17-20-15(21-24-17)13-5-3-4-8-18-13/h3-10,12H,1-2H3/t12-/m0/s1. The van der Waals surface area contributed by atoms with Crippen LogP contribution in [0.1, 0.15) is 24.6 Å². The third kappa shape index (κ3) is 2.50. The maximum absolute atomic E-state index is 5.67. The summed E-state index contributed by atoms with van der Waals surface area (Å²) < 4.78 is 13.0. The summed E-state index contributed by atoms with van der Waals surface area (Å²) >= 11 is 0. The van der Waals surface area contributed by atoms with Crippen LogP contribution in [0.5, 0.6) is 0 Å². The number of hydrogen-bond donors (Lipinski definition) is 0. The molecule has 0 saturated carbocycles. The average molecular weight is 321 g/mol. The van der Waals surface area contributed by atoms with Crippen LogP contribution < -0.4 is 0 Å². The van der Waals surface area contributed by atoms with Crippen LogP contribution in [0.4, 0.5) is 0 Å². The van der Waals surface area contributed by atoms with Gasteiger partial charge in [0.2, 0.25) is 11.7 Å². The summed E-state index contributed by atoms with van der Waals surface area (Å²) in [5.41, 5.74) is 0.673. The van der Waals surface area contributed by atoms with E-state index in [1.807, 2.05) is 54.9 Å². The lowest BCUT2D eigenvalue weighted by molar-refractivity contribution is 0.345. The monoisotopic (exact) mass is 321 g/mol. The minimum atomic E-state index is -0.183. The molecule has 7 heteroatoms. The molecule has 24 heavy (non-hydrogen) atoms. The molecule has 0 radical (unpaired) electrons. The highest BCUT2D eigenvalue weighted by molar-refractivity contribution is 5.49. The predicted molar refractivity (Wildman–Crippen MR) is 86.0 cm³/mol. The molecule has 0 saturated heterocycles. The summed E-state index contributed by atoms with van der Waals surface area (Å²) in [6, 6.07) is 9.19. The lowest BCUT2D eigenvalue weighted by atomic mass is 10.3. The Hall–Kier alpha value is -3.22. The Morgan fingerprint density at radius 2 is 2.00 bits per heavy atom. The van der Waals surface area contributed by atoms with Gasteiger partial charge in [0, 0.05) is 18.6 Å². The van der Waals surface area contributed by atoms with E-state index in [9.17, 15) is 0 Å². The minimum Gasteiger partial charge on any atom is -0.458 e. The molecule has 0 N–H and O–H groups in total. The van der Waals surface area contributed by atoms with Crippen molar-refractivity contribution in [3.63, 3.8) is 0 Å². The van der Waals surface area contributed by atoms with E-state index in [4.69, 9.17) is 8.94 Å². The van der Waals surface area contributed by atoms with Gasteiger partial charge in [-0.1, -0.05) is 11.2 Å². The fourth-order valence-electron chi connectivity index (χ4n) is 2.49. The maximum atomic E-state index is 5.67. The first-order valence-electron chi connectivity index (χ1n) is 7.57. The molecule has 4 rings (SSSR count). The molecule has 4 aromatic rings. The normalized spacial score (nSPS) is 12.4. The fraction of sp³-hybridized carbons (Fsp3) is 0.176. The Morgan fingerprint density at radius 3 is 2.75 bits per heavy atom. The molecule has 0 bridgehead atoms. The van der Waals surface area contributed by atoms with Crippen LogP contribution in [0.2, 0.25) is 0 Å². The average Bonchev–Trinajstić information content (AvgIpc) is 3.35. The molecule has 4 aromatic heterocycles. The number of furan rings is 1. The first-order chi connectivity index (χ1) is 11.7. The Morgan fingerprint density at radius 1 is 1.08 bits per heavy atom. The second-order valence-corrected chi connectivity index (χ2v) is 5.42. The van der Waals surface area contributed by atoms with Crippen LogP contribution in [0.3, 0.4) is 0 Å². The van der Waals surface area contributed by atoms with Gasteiger partial charge in [0.05, 0.1) is 0 Å². The quantitative estimate of drug-likeness (QED) is 0.572. The second kappa shape index (κ2) is 5.77. The first-order valence-corrected chi connectivity index (χ1v) is 7.57. The summed E-state index contributed by atoms with van der Waals surface area (Å²) in [4.78, 5) is 13.1. The number of hydrogen-bond acceptors (Lipinski definition) is 6. The number of aryl methyl sites for hydroxylation is 1. The van der Waals surface area contributed by atoms with Gasteiger partial charge in [-0.2, -0.15) is 4.98 Å². The number of rotatable bonds is 4. The van der Waals surface area contributed by atoms with Crippen LogP contribution in [0.25, 0.3) is 23.1 Å². The van der Waals surface area contributed by atoms with Crippen molar-refractivity contribution in [2.24, 2.45) is 0 Å². The largest absolute Gasteiger partial charge is 0.458 e. The lowest BCUT2D eigenvalue weighted by Crippen LogP contribution is -2.07. The summed E-state index contributed by atoms with van der Waals surface area (Å²) in [6.45, 7) is 3.87. The van der Waals surface area contributed by atoms with Gasteiger partial charge in [0.15, 0.2) is 11.6 Å². The van der Waals surface area contributed by atoms with Crippen molar-refractivity contribution >= 4 is 0 Å². The Bertz CT molecular complexity index is 954. The molecule has 0 fully saturated rings. The molecule has 0 aromatic carbocycles. The van der Waals surface area contributed by atoms with Crippen LogP contribution in [0.15, 0.2) is 57.9 Å². The van der Waals surface area contributed by atoms with Crippen molar-refractivity contribution < 1.29 is 8.94 Å². The molecule has 0 unspecified atom stereocenters. The van der Waals surface area contributed by atoms with Gasteiger partial charge in [-0.25, -0.2) is 4.98 Å². The van der Waals surface area contributed by atoms with Gasteiger partial charge in [-0.3, -0.25) is 4.98 Å². The van der Waals surface area contributed by atoms with Crippen molar-refractivity contribution in [1.82, 2.24) is 24.7 Å². The van der Waals surface area contributed by atoms with E-state index in [0.717, 1.165) is 5.76 Å². The topological polar surface area (TPSA) is 82.8 Å². The zero-order valence-electron chi connectivity index (χ0n) is 13.2. The smallest absolute Gasteiger partial charge is 0.249 e. The number of imidazole rings is 1. The minimum absolute atomic E-state index is 0.183. The number of aromatic nitrogens is 5. The molecule has 0 aliphatic heterocycles. The second-order valence-electron chi connectivity index (χ2n) is 5.42. The Kier molecular flexibility index (Phi) is 3.45. The van der Waals surface area contributed by atoms with E-state index in [1.54, 1.807) is 12.4 Å². The fourth-order valence-corrected chi connectivity index (χ4v) is 2.49. The highest BCUT2D eigenvalue weighted by atomic mass is 16.5. The highest BCUT2D eigenvalue weighted by Gasteiger charge is 2.21. The highest BCUT2D eigenvalue weighted by Crippen LogP contribution is 2.26. The SMILES string of the molecule is Cc1ccc(-c2nccn2[C@@H](C)c2nc(-c3ccccn3)no2)o1. The van der Waals surface area contributed by atoms with Crippen LogP contribution in [-0.4, -0.2) is 24.7 Å². The molecule has 0 spiro atoms. The van der Waals surface area contributed by atoms with Gasteiger partial charge in [0.25, 0.3) is 0 Å². The predicted octanol–water partition coefficient (Wildman–Crippen LogP) is 3.51. The van der Waals surface area contributed by atoms with Gasteiger partial charge < -0.3 is 13.5 Å². The third-order valence-electron chi connectivity index (χ3n) is 3.74. The Labute approximate surface area is 138 Å². The van der Waals surface area contributed by atoms with Crippen molar-refractivity contribution in [1.29, 1.82) is 0 Å². The van der Waals surface area contributed by atoms with E-state index in [-0.39, 0.29) is 6.04 Å². The zero-order valence-corrected chi connectivity index (χ0v) is 13.2. The van der Waals surface area contributed by atoms with E-state index in [1.165, 1.54) is 0 Å². The first kappa shape index (κ1) is 14.4. The van der Waals surface area contributed by atoms with Gasteiger partial charge in [-0.15, -0.1) is 0 Å². The number of nitrogens with zero attached hydrogens (tertiary/aromatic N) is 5. The summed E-state index contributed by atoms with van der Waals surface area (Å²) in [7, 11) is 0. The molecule has 0 aliphatic carbocycles. The molecule has 0 amide bonds. The van der Waals surface area contributed by atoms with Crippen LogP contribution in [0, 0.1) is 6.92 Å². The van der Waals surface area contributed by atoms with E-state index in [0.29, 0.717) is 29.0 Å². The van der Waals surface area contributed by atoms with E-state index >= 15 is 0 Å². The molecular formula is C17H15N5O2. The lowest BCUT2D eigenvalue weighted by Gasteiger charge is -2.11. The maximum Gasteiger partial charge on any atom is 0.249 e. The zero-order chi connectivity index (χ0) is 16.5. The summed E-state index contributed by atoms with van der Waals surface area (Å²) in [6.07, 6.45) is 5.28.